The van der Waals surface area contributed by atoms with Gasteiger partial charge in [-0.3, -0.25) is 4.90 Å². The summed E-state index contributed by atoms with van der Waals surface area (Å²) in [6, 6.07) is 10.0. The molecule has 2 aromatic heterocycles. The molecule has 0 bridgehead atoms. The summed E-state index contributed by atoms with van der Waals surface area (Å²) in [6.45, 7) is 4.59. The van der Waals surface area contributed by atoms with E-state index in [1.807, 2.05) is 35.8 Å². The number of aliphatic hydroxyl groups excluding tert-OH is 1. The van der Waals surface area contributed by atoms with Crippen LogP contribution in [0.2, 0.25) is 0 Å². The fraction of sp³-hybridized carbons (Fsp3) is 0.400. The Morgan fingerprint density at radius 2 is 2.00 bits per heavy atom. The number of rotatable bonds is 4. The fourth-order valence-corrected chi connectivity index (χ4v) is 3.22. The number of aliphatic hydroxyl groups is 1. The van der Waals surface area contributed by atoms with Gasteiger partial charge in [0.1, 0.15) is 11.9 Å². The molecule has 0 saturated carbocycles. The molecule has 1 unspecified atom stereocenters. The zero-order chi connectivity index (χ0) is 13.8. The molecule has 0 spiro atoms. The van der Waals surface area contributed by atoms with E-state index in [1.165, 1.54) is 0 Å². The van der Waals surface area contributed by atoms with Crippen molar-refractivity contribution in [3.63, 3.8) is 0 Å². The first-order chi connectivity index (χ1) is 9.83. The molecular formula is C15H19N3OS. The number of piperazine rings is 1. The lowest BCUT2D eigenvalue weighted by atomic mass is 10.2. The highest BCUT2D eigenvalue weighted by Gasteiger charge is 2.20. The third-order valence-electron chi connectivity index (χ3n) is 3.65. The molecule has 1 saturated heterocycles. The van der Waals surface area contributed by atoms with Crippen LogP contribution in [0, 0.1) is 0 Å². The Labute approximate surface area is 123 Å². The first kappa shape index (κ1) is 13.5. The number of β-amino-alcohol motifs (C(OH)–C–C–N with tert-alkyl or cyclic N) is 1. The highest BCUT2D eigenvalue weighted by atomic mass is 32.1. The molecule has 0 aliphatic carbocycles. The Balaban J connectivity index is 1.51. The van der Waals surface area contributed by atoms with Gasteiger partial charge in [0.15, 0.2) is 0 Å². The van der Waals surface area contributed by atoms with Crippen molar-refractivity contribution in [3.05, 3.63) is 46.8 Å². The van der Waals surface area contributed by atoms with Gasteiger partial charge >= 0.3 is 0 Å². The van der Waals surface area contributed by atoms with Crippen LogP contribution in [-0.4, -0.2) is 47.7 Å². The van der Waals surface area contributed by atoms with Gasteiger partial charge in [-0.1, -0.05) is 12.1 Å². The third kappa shape index (κ3) is 3.17. The number of thiophene rings is 1. The Kier molecular flexibility index (Phi) is 4.30. The minimum atomic E-state index is -0.364. The molecule has 106 valence electrons. The second-order valence-corrected chi connectivity index (χ2v) is 5.99. The second kappa shape index (κ2) is 6.35. The number of nitrogens with zero attached hydrogens (tertiary/aromatic N) is 3. The molecule has 0 amide bonds. The van der Waals surface area contributed by atoms with Gasteiger partial charge in [-0.2, -0.15) is 0 Å². The van der Waals surface area contributed by atoms with E-state index in [9.17, 15) is 5.11 Å². The van der Waals surface area contributed by atoms with Gasteiger partial charge in [0.2, 0.25) is 0 Å². The predicted octanol–water partition coefficient (Wildman–Crippen LogP) is 2.00. The predicted molar refractivity (Wildman–Crippen MR) is 82.2 cm³/mol. The zero-order valence-electron chi connectivity index (χ0n) is 11.4. The van der Waals surface area contributed by atoms with Crippen LogP contribution in [0.4, 0.5) is 5.82 Å². The molecule has 0 radical (unpaired) electrons. The lowest BCUT2D eigenvalue weighted by molar-refractivity contribution is 0.112. The van der Waals surface area contributed by atoms with Gasteiger partial charge in [-0.05, 0) is 23.6 Å². The molecular weight excluding hydrogens is 270 g/mol. The van der Waals surface area contributed by atoms with Gasteiger partial charge in [0.05, 0.1) is 0 Å². The molecule has 1 aliphatic rings. The number of anilines is 1. The van der Waals surface area contributed by atoms with Gasteiger partial charge in [0, 0.05) is 43.8 Å². The first-order valence-electron chi connectivity index (χ1n) is 6.93. The van der Waals surface area contributed by atoms with Crippen LogP contribution in [0.3, 0.4) is 0 Å². The molecule has 20 heavy (non-hydrogen) atoms. The average Bonchev–Trinajstić information content (AvgIpc) is 3.03. The monoisotopic (exact) mass is 289 g/mol. The van der Waals surface area contributed by atoms with Crippen LogP contribution in [-0.2, 0) is 0 Å². The van der Waals surface area contributed by atoms with Crippen LogP contribution >= 0.6 is 11.3 Å². The quantitative estimate of drug-likeness (QED) is 0.934. The number of hydrogen-bond acceptors (Lipinski definition) is 5. The van der Waals surface area contributed by atoms with Gasteiger partial charge in [-0.25, -0.2) is 4.98 Å². The maximum absolute atomic E-state index is 10.2. The molecule has 0 aromatic carbocycles. The summed E-state index contributed by atoms with van der Waals surface area (Å²) in [5.74, 6) is 1.05. The van der Waals surface area contributed by atoms with Crippen molar-refractivity contribution in [3.8, 4) is 0 Å². The minimum Gasteiger partial charge on any atom is -0.386 e. The van der Waals surface area contributed by atoms with E-state index in [0.29, 0.717) is 0 Å². The average molecular weight is 289 g/mol. The van der Waals surface area contributed by atoms with E-state index in [1.54, 1.807) is 11.3 Å². The zero-order valence-corrected chi connectivity index (χ0v) is 12.2. The molecule has 1 fully saturated rings. The van der Waals surface area contributed by atoms with E-state index < -0.39 is 0 Å². The summed E-state index contributed by atoms with van der Waals surface area (Å²) < 4.78 is 0. The molecule has 5 heteroatoms. The highest BCUT2D eigenvalue weighted by Crippen LogP contribution is 2.21. The lowest BCUT2D eigenvalue weighted by Gasteiger charge is -2.36. The summed E-state index contributed by atoms with van der Waals surface area (Å²) in [7, 11) is 0. The Morgan fingerprint density at radius 1 is 1.15 bits per heavy atom. The molecule has 2 aromatic rings. The number of aromatic nitrogens is 1. The van der Waals surface area contributed by atoms with Crippen LogP contribution in [0.1, 0.15) is 11.0 Å². The summed E-state index contributed by atoms with van der Waals surface area (Å²) in [4.78, 5) is 10.1. The minimum absolute atomic E-state index is 0.364. The summed E-state index contributed by atoms with van der Waals surface area (Å²) >= 11 is 1.62. The molecule has 3 rings (SSSR count). The van der Waals surface area contributed by atoms with Crippen LogP contribution in [0.25, 0.3) is 0 Å². The van der Waals surface area contributed by atoms with Crippen molar-refractivity contribution in [2.45, 2.75) is 6.10 Å². The lowest BCUT2D eigenvalue weighted by Crippen LogP contribution is -2.47. The van der Waals surface area contributed by atoms with E-state index in [0.717, 1.165) is 43.4 Å². The van der Waals surface area contributed by atoms with Gasteiger partial charge in [-0.15, -0.1) is 11.3 Å². The molecule has 1 N–H and O–H groups in total. The largest absolute Gasteiger partial charge is 0.386 e. The number of hydrogen-bond donors (Lipinski definition) is 1. The van der Waals surface area contributed by atoms with E-state index in [2.05, 4.69) is 20.9 Å². The molecule has 1 aliphatic heterocycles. The van der Waals surface area contributed by atoms with Crippen LogP contribution in [0.5, 0.6) is 0 Å². The summed E-state index contributed by atoms with van der Waals surface area (Å²) in [5, 5.41) is 12.2. The van der Waals surface area contributed by atoms with Gasteiger partial charge in [0.25, 0.3) is 0 Å². The summed E-state index contributed by atoms with van der Waals surface area (Å²) in [5.41, 5.74) is 0. The maximum atomic E-state index is 10.2. The second-order valence-electron chi connectivity index (χ2n) is 5.01. The van der Waals surface area contributed by atoms with Crippen LogP contribution in [0.15, 0.2) is 41.9 Å². The summed E-state index contributed by atoms with van der Waals surface area (Å²) in [6.07, 6.45) is 1.47. The highest BCUT2D eigenvalue weighted by molar-refractivity contribution is 7.10. The van der Waals surface area contributed by atoms with Crippen molar-refractivity contribution in [1.29, 1.82) is 0 Å². The first-order valence-corrected chi connectivity index (χ1v) is 7.81. The van der Waals surface area contributed by atoms with E-state index >= 15 is 0 Å². The normalized spacial score (nSPS) is 18.1. The van der Waals surface area contributed by atoms with Crippen molar-refractivity contribution >= 4 is 17.2 Å². The van der Waals surface area contributed by atoms with Crippen LogP contribution < -0.4 is 4.90 Å². The number of pyridine rings is 1. The van der Waals surface area contributed by atoms with Crippen molar-refractivity contribution < 1.29 is 5.11 Å². The third-order valence-corrected chi connectivity index (χ3v) is 4.62. The SMILES string of the molecule is OC(CN1CCN(c2ccccn2)CC1)c1cccs1. The van der Waals surface area contributed by atoms with Crippen molar-refractivity contribution in [1.82, 2.24) is 9.88 Å². The molecule has 3 heterocycles. The Hall–Kier alpha value is -1.43. The fourth-order valence-electron chi connectivity index (χ4n) is 2.52. The standard InChI is InChI=1S/C15H19N3OS/c19-13(14-4-3-11-20-14)12-17-7-9-18(10-8-17)15-5-1-2-6-16-15/h1-6,11,13,19H,7-10,12H2. The smallest absolute Gasteiger partial charge is 0.128 e. The Bertz CT molecular complexity index is 509. The molecule has 4 nitrogen and oxygen atoms in total. The molecule has 1 atom stereocenters. The van der Waals surface area contributed by atoms with Crippen molar-refractivity contribution in [2.75, 3.05) is 37.6 Å². The van der Waals surface area contributed by atoms with E-state index in [4.69, 9.17) is 0 Å². The topological polar surface area (TPSA) is 39.6 Å². The Morgan fingerprint density at radius 3 is 2.65 bits per heavy atom. The van der Waals surface area contributed by atoms with Crippen molar-refractivity contribution in [2.24, 2.45) is 0 Å². The maximum Gasteiger partial charge on any atom is 0.128 e. The van der Waals surface area contributed by atoms with Gasteiger partial charge < -0.3 is 10.0 Å². The van der Waals surface area contributed by atoms with E-state index in [-0.39, 0.29) is 6.10 Å².